The maximum absolute atomic E-state index is 12.3. The molecule has 26 heavy (non-hydrogen) atoms. The summed E-state index contributed by atoms with van der Waals surface area (Å²) in [6.07, 6.45) is -3.79. The van der Waals surface area contributed by atoms with E-state index in [-0.39, 0.29) is 5.56 Å². The number of hydrogen-bond donors (Lipinski definition) is 1. The first-order valence-corrected chi connectivity index (χ1v) is 7.87. The first-order valence-electron chi connectivity index (χ1n) is 7.87. The highest BCUT2D eigenvalue weighted by Gasteiger charge is 2.33. The predicted molar refractivity (Wildman–Crippen MR) is 88.9 cm³/mol. The number of aliphatic carboxylic acids is 1. The second-order valence-corrected chi connectivity index (χ2v) is 6.45. The number of benzene rings is 1. The zero-order valence-electron chi connectivity index (χ0n) is 15.1. The van der Waals surface area contributed by atoms with E-state index in [4.69, 9.17) is 14.2 Å². The number of carbonyl (C=O) groups is 4. The quantitative estimate of drug-likeness (QED) is 0.575. The minimum atomic E-state index is -1.60. The van der Waals surface area contributed by atoms with Crippen molar-refractivity contribution < 1.29 is 38.5 Å². The molecule has 8 nitrogen and oxygen atoms in total. The van der Waals surface area contributed by atoms with Crippen LogP contribution in [0.4, 0.5) is 0 Å². The number of ether oxygens (including phenoxy) is 3. The molecule has 1 aromatic carbocycles. The van der Waals surface area contributed by atoms with Crippen molar-refractivity contribution in [3.05, 3.63) is 35.9 Å². The third kappa shape index (κ3) is 7.33. The fourth-order valence-corrected chi connectivity index (χ4v) is 1.99. The van der Waals surface area contributed by atoms with E-state index in [2.05, 4.69) is 0 Å². The second-order valence-electron chi connectivity index (χ2n) is 6.45. The Labute approximate surface area is 151 Å². The molecule has 0 aliphatic rings. The van der Waals surface area contributed by atoms with Gasteiger partial charge in [-0.3, -0.25) is 9.59 Å². The van der Waals surface area contributed by atoms with Gasteiger partial charge >= 0.3 is 23.9 Å². The van der Waals surface area contributed by atoms with Crippen LogP contribution >= 0.6 is 0 Å². The molecule has 0 aromatic heterocycles. The Morgan fingerprint density at radius 2 is 1.62 bits per heavy atom. The Morgan fingerprint density at radius 3 is 2.08 bits per heavy atom. The SMILES string of the molecule is CC(=O)O[C@@H](CC(=O)OC(C)(C)C)C(=O)O[C@H](C(=O)O)c1ccccc1. The van der Waals surface area contributed by atoms with Crippen LogP contribution in [0.1, 0.15) is 45.8 Å². The molecular weight excluding hydrogens is 344 g/mol. The Balaban J connectivity index is 2.91. The number of carboxylic acid groups (broad SMARTS) is 1. The van der Waals surface area contributed by atoms with E-state index < -0.39 is 48.1 Å². The van der Waals surface area contributed by atoms with Gasteiger partial charge < -0.3 is 19.3 Å². The molecule has 0 aliphatic heterocycles. The maximum atomic E-state index is 12.3. The summed E-state index contributed by atoms with van der Waals surface area (Å²) in [7, 11) is 0. The van der Waals surface area contributed by atoms with Gasteiger partial charge in [0.1, 0.15) is 5.60 Å². The van der Waals surface area contributed by atoms with E-state index in [0.717, 1.165) is 6.92 Å². The van der Waals surface area contributed by atoms with Gasteiger partial charge in [-0.15, -0.1) is 0 Å². The van der Waals surface area contributed by atoms with Crippen molar-refractivity contribution in [2.75, 3.05) is 0 Å². The summed E-state index contributed by atoms with van der Waals surface area (Å²) in [5.41, 5.74) is -0.567. The molecule has 0 bridgehead atoms. The van der Waals surface area contributed by atoms with Crippen LogP contribution in [0.15, 0.2) is 30.3 Å². The molecule has 142 valence electrons. The van der Waals surface area contributed by atoms with Gasteiger partial charge in [-0.2, -0.15) is 0 Å². The van der Waals surface area contributed by atoms with Crippen LogP contribution in [0, 0.1) is 0 Å². The number of rotatable bonds is 7. The molecule has 8 heteroatoms. The topological polar surface area (TPSA) is 116 Å². The molecule has 1 N–H and O–H groups in total. The van der Waals surface area contributed by atoms with Crippen molar-refractivity contribution in [2.45, 2.75) is 51.9 Å². The summed E-state index contributed by atoms with van der Waals surface area (Å²) >= 11 is 0. The fraction of sp³-hybridized carbons (Fsp3) is 0.444. The molecule has 0 amide bonds. The molecule has 1 aromatic rings. The normalized spacial score (nSPS) is 13.2. The van der Waals surface area contributed by atoms with Crippen LogP contribution < -0.4 is 0 Å². The van der Waals surface area contributed by atoms with Crippen molar-refractivity contribution in [2.24, 2.45) is 0 Å². The van der Waals surface area contributed by atoms with Crippen molar-refractivity contribution >= 4 is 23.9 Å². The van der Waals surface area contributed by atoms with Crippen molar-refractivity contribution in [3.63, 3.8) is 0 Å². The van der Waals surface area contributed by atoms with E-state index in [1.54, 1.807) is 39.0 Å². The number of esters is 3. The molecule has 0 spiro atoms. The largest absolute Gasteiger partial charge is 0.478 e. The van der Waals surface area contributed by atoms with Gasteiger partial charge in [-0.25, -0.2) is 9.59 Å². The lowest BCUT2D eigenvalue weighted by atomic mass is 10.1. The zero-order chi connectivity index (χ0) is 19.9. The van der Waals surface area contributed by atoms with E-state index in [1.165, 1.54) is 12.1 Å². The molecule has 0 radical (unpaired) electrons. The summed E-state index contributed by atoms with van der Waals surface area (Å²) in [6.45, 7) is 5.97. The van der Waals surface area contributed by atoms with Crippen LogP contribution in [-0.2, 0) is 33.4 Å². The van der Waals surface area contributed by atoms with Crippen molar-refractivity contribution in [1.82, 2.24) is 0 Å². The maximum Gasteiger partial charge on any atom is 0.349 e. The summed E-state index contributed by atoms with van der Waals surface area (Å²) < 4.78 is 14.9. The van der Waals surface area contributed by atoms with Gasteiger partial charge in [0, 0.05) is 12.5 Å². The van der Waals surface area contributed by atoms with Crippen molar-refractivity contribution in [3.8, 4) is 0 Å². The predicted octanol–water partition coefficient (Wildman–Crippen LogP) is 2.02. The summed E-state index contributed by atoms with van der Waals surface area (Å²) in [6, 6.07) is 7.79. The Kier molecular flexibility index (Phi) is 7.30. The molecule has 0 heterocycles. The summed E-state index contributed by atoms with van der Waals surface area (Å²) in [4.78, 5) is 46.8. The molecule has 0 fully saturated rings. The lowest BCUT2D eigenvalue weighted by Gasteiger charge is -2.22. The van der Waals surface area contributed by atoms with E-state index >= 15 is 0 Å². The number of carboxylic acids is 1. The molecule has 0 saturated carbocycles. The van der Waals surface area contributed by atoms with Crippen LogP contribution in [0.2, 0.25) is 0 Å². The van der Waals surface area contributed by atoms with Gasteiger partial charge in [-0.1, -0.05) is 30.3 Å². The smallest absolute Gasteiger partial charge is 0.349 e. The first kappa shape index (κ1) is 21.1. The van der Waals surface area contributed by atoms with Crippen LogP contribution in [0.25, 0.3) is 0 Å². The van der Waals surface area contributed by atoms with Gasteiger partial charge in [0.05, 0.1) is 6.42 Å². The molecule has 0 saturated heterocycles. The lowest BCUT2D eigenvalue weighted by molar-refractivity contribution is -0.180. The number of hydrogen-bond acceptors (Lipinski definition) is 7. The Morgan fingerprint density at radius 1 is 1.04 bits per heavy atom. The average molecular weight is 366 g/mol. The van der Waals surface area contributed by atoms with E-state index in [1.807, 2.05) is 0 Å². The zero-order valence-corrected chi connectivity index (χ0v) is 15.1. The molecule has 0 aliphatic carbocycles. The van der Waals surface area contributed by atoms with Gasteiger partial charge in [-0.05, 0) is 20.8 Å². The van der Waals surface area contributed by atoms with E-state index in [0.29, 0.717) is 0 Å². The minimum Gasteiger partial charge on any atom is -0.478 e. The monoisotopic (exact) mass is 366 g/mol. The lowest BCUT2D eigenvalue weighted by Crippen LogP contribution is -2.35. The average Bonchev–Trinajstić information content (AvgIpc) is 2.50. The highest BCUT2D eigenvalue weighted by atomic mass is 16.6. The third-order valence-electron chi connectivity index (χ3n) is 2.90. The van der Waals surface area contributed by atoms with Crippen molar-refractivity contribution in [1.29, 1.82) is 0 Å². The summed E-state index contributed by atoms with van der Waals surface area (Å²) in [5.74, 6) is -4.15. The molecular formula is C18H22O8. The first-order chi connectivity index (χ1) is 12.0. The molecule has 1 rings (SSSR count). The van der Waals surface area contributed by atoms with E-state index in [9.17, 15) is 24.3 Å². The fourth-order valence-electron chi connectivity index (χ4n) is 1.99. The highest BCUT2D eigenvalue weighted by molar-refractivity contribution is 5.86. The Hall–Kier alpha value is -2.90. The van der Waals surface area contributed by atoms with Crippen LogP contribution in [0.3, 0.4) is 0 Å². The Bertz CT molecular complexity index is 660. The number of carbonyl (C=O) groups excluding carboxylic acids is 3. The molecule has 2 atom stereocenters. The second kappa shape index (κ2) is 8.98. The summed E-state index contributed by atoms with van der Waals surface area (Å²) in [5, 5.41) is 9.30. The molecule has 0 unspecified atom stereocenters. The van der Waals surface area contributed by atoms with Gasteiger partial charge in [0.2, 0.25) is 12.2 Å². The van der Waals surface area contributed by atoms with Gasteiger partial charge in [0.15, 0.2) is 0 Å². The van der Waals surface area contributed by atoms with Crippen LogP contribution in [-0.4, -0.2) is 40.7 Å². The minimum absolute atomic E-state index is 0.229. The third-order valence-corrected chi connectivity index (χ3v) is 2.90. The standard InChI is InChI=1S/C18H22O8/c1-11(19)24-13(10-14(20)26-18(2,3)4)17(23)25-15(16(21)22)12-8-6-5-7-9-12/h5-9,13,15H,10H2,1-4H3,(H,21,22)/t13-,15-/m0/s1. The van der Waals surface area contributed by atoms with Gasteiger partial charge in [0.25, 0.3) is 0 Å². The van der Waals surface area contributed by atoms with Crippen LogP contribution in [0.5, 0.6) is 0 Å². The highest BCUT2D eigenvalue weighted by Crippen LogP contribution is 2.20.